The molecule has 0 aromatic carbocycles. The number of esters is 1. The molecule has 0 radical (unpaired) electrons. The van der Waals surface area contributed by atoms with Gasteiger partial charge in [0.05, 0.1) is 6.42 Å². The van der Waals surface area contributed by atoms with Gasteiger partial charge in [-0.15, -0.1) is 0 Å². The van der Waals surface area contributed by atoms with Gasteiger partial charge in [-0.2, -0.15) is 0 Å². The van der Waals surface area contributed by atoms with Crippen LogP contribution < -0.4 is 0 Å². The summed E-state index contributed by atoms with van der Waals surface area (Å²) in [6.07, 6.45) is 37.6. The fourth-order valence-electron chi connectivity index (χ4n) is 4.94. The van der Waals surface area contributed by atoms with Gasteiger partial charge in [0.15, 0.2) is 0 Å². The smallest absolute Gasteiger partial charge is 0.307 e. The van der Waals surface area contributed by atoms with Crippen molar-refractivity contribution in [3.8, 4) is 0 Å². The first kappa shape index (κ1) is 37.4. The maximum Gasteiger partial charge on any atom is 0.307 e. The Morgan fingerprint density at radius 1 is 0.590 bits per heavy atom. The van der Waals surface area contributed by atoms with Crippen molar-refractivity contribution in [1.29, 1.82) is 0 Å². The molecule has 0 saturated heterocycles. The number of carbonyl (C=O) groups excluding carboxylic acids is 1. The number of rotatable bonds is 30. The number of carbonyl (C=O) groups is 2. The summed E-state index contributed by atoms with van der Waals surface area (Å²) in [5.41, 5.74) is 0. The summed E-state index contributed by atoms with van der Waals surface area (Å²) in [4.78, 5) is 23.5. The van der Waals surface area contributed by atoms with Crippen molar-refractivity contribution in [3.05, 3.63) is 24.3 Å². The highest BCUT2D eigenvalue weighted by atomic mass is 16.5. The first-order valence-electron chi connectivity index (χ1n) is 16.8. The fourth-order valence-corrected chi connectivity index (χ4v) is 4.94. The molecular weight excluding hydrogens is 484 g/mol. The maximum absolute atomic E-state index is 12.3. The van der Waals surface area contributed by atoms with Crippen LogP contribution in [0.3, 0.4) is 0 Å². The van der Waals surface area contributed by atoms with E-state index in [1.54, 1.807) is 0 Å². The molecule has 0 amide bonds. The second-order valence-electron chi connectivity index (χ2n) is 11.4. The zero-order valence-corrected chi connectivity index (χ0v) is 25.9. The van der Waals surface area contributed by atoms with E-state index in [0.29, 0.717) is 12.8 Å². The minimum Gasteiger partial charge on any atom is -0.481 e. The molecule has 0 bridgehead atoms. The number of hydrogen-bond donors (Lipinski definition) is 1. The van der Waals surface area contributed by atoms with Crippen LogP contribution in [0.2, 0.25) is 0 Å². The number of allylic oxidation sites excluding steroid dienone is 4. The first-order chi connectivity index (χ1) is 19.1. The Morgan fingerprint density at radius 3 is 1.56 bits per heavy atom. The lowest BCUT2D eigenvalue weighted by Gasteiger charge is -2.16. The second kappa shape index (κ2) is 31.0. The van der Waals surface area contributed by atoms with Gasteiger partial charge in [-0.1, -0.05) is 141 Å². The van der Waals surface area contributed by atoms with E-state index >= 15 is 0 Å². The van der Waals surface area contributed by atoms with Crippen LogP contribution in [0.1, 0.15) is 181 Å². The van der Waals surface area contributed by atoms with Crippen molar-refractivity contribution in [2.75, 3.05) is 0 Å². The molecule has 0 aliphatic carbocycles. The van der Waals surface area contributed by atoms with Gasteiger partial charge in [-0.3, -0.25) is 9.59 Å². The average Bonchev–Trinajstić information content (AvgIpc) is 2.91. The monoisotopic (exact) mass is 548 g/mol. The lowest BCUT2D eigenvalue weighted by molar-refractivity contribution is -0.153. The molecule has 0 aromatic heterocycles. The van der Waals surface area contributed by atoms with Gasteiger partial charge in [-0.05, 0) is 51.4 Å². The maximum atomic E-state index is 12.3. The van der Waals surface area contributed by atoms with Crippen LogP contribution in [0.4, 0.5) is 0 Å². The fraction of sp³-hybridized carbons (Fsp3) is 0.829. The van der Waals surface area contributed by atoms with Gasteiger partial charge in [0.1, 0.15) is 6.10 Å². The van der Waals surface area contributed by atoms with E-state index in [4.69, 9.17) is 4.74 Å². The van der Waals surface area contributed by atoms with Crippen LogP contribution in [-0.4, -0.2) is 23.1 Å². The third kappa shape index (κ3) is 30.8. The van der Waals surface area contributed by atoms with Crippen LogP contribution in [0, 0.1) is 0 Å². The largest absolute Gasteiger partial charge is 0.481 e. The number of aliphatic carboxylic acids is 1. The summed E-state index contributed by atoms with van der Waals surface area (Å²) in [7, 11) is 0. The Morgan fingerprint density at radius 2 is 1.03 bits per heavy atom. The average molecular weight is 549 g/mol. The van der Waals surface area contributed by atoms with Crippen LogP contribution >= 0.6 is 0 Å². The lowest BCUT2D eigenvalue weighted by Crippen LogP contribution is -2.21. The summed E-state index contributed by atoms with van der Waals surface area (Å²) < 4.78 is 5.55. The van der Waals surface area contributed by atoms with Crippen molar-refractivity contribution in [2.45, 2.75) is 187 Å². The molecule has 0 heterocycles. The van der Waals surface area contributed by atoms with Gasteiger partial charge in [-0.25, -0.2) is 0 Å². The number of ether oxygens (including phenoxy) is 1. The Labute approximate surface area is 242 Å². The molecule has 0 saturated carbocycles. The molecule has 4 nitrogen and oxygen atoms in total. The molecule has 4 heteroatoms. The zero-order chi connectivity index (χ0) is 28.7. The minimum atomic E-state index is -0.885. The highest BCUT2D eigenvalue weighted by Gasteiger charge is 2.17. The summed E-state index contributed by atoms with van der Waals surface area (Å²) in [5.74, 6) is -1.12. The Balaban J connectivity index is 3.72. The summed E-state index contributed by atoms with van der Waals surface area (Å²) in [5, 5.41) is 9.21. The predicted molar refractivity (Wildman–Crippen MR) is 167 cm³/mol. The number of carboxylic acid groups (broad SMARTS) is 1. The van der Waals surface area contributed by atoms with E-state index in [0.717, 1.165) is 44.9 Å². The summed E-state index contributed by atoms with van der Waals surface area (Å²) >= 11 is 0. The third-order valence-electron chi connectivity index (χ3n) is 7.41. The van der Waals surface area contributed by atoms with Gasteiger partial charge in [0, 0.05) is 6.42 Å². The molecular formula is C35H64O4. The summed E-state index contributed by atoms with van der Waals surface area (Å²) in [6.45, 7) is 4.49. The normalized spacial score (nSPS) is 12.5. The lowest BCUT2D eigenvalue weighted by atomic mass is 10.0. The topological polar surface area (TPSA) is 63.6 Å². The molecule has 0 spiro atoms. The molecule has 1 unspecified atom stereocenters. The Hall–Kier alpha value is -1.58. The second-order valence-corrected chi connectivity index (χ2v) is 11.4. The van der Waals surface area contributed by atoms with E-state index < -0.39 is 12.1 Å². The van der Waals surface area contributed by atoms with Crippen molar-refractivity contribution in [2.24, 2.45) is 0 Å². The molecule has 1 atom stereocenters. The molecule has 39 heavy (non-hydrogen) atoms. The third-order valence-corrected chi connectivity index (χ3v) is 7.41. The van der Waals surface area contributed by atoms with Crippen LogP contribution in [0.15, 0.2) is 24.3 Å². The highest BCUT2D eigenvalue weighted by Crippen LogP contribution is 2.16. The zero-order valence-electron chi connectivity index (χ0n) is 25.9. The van der Waals surface area contributed by atoms with Crippen molar-refractivity contribution in [3.63, 3.8) is 0 Å². The van der Waals surface area contributed by atoms with Gasteiger partial charge in [0.2, 0.25) is 0 Å². The van der Waals surface area contributed by atoms with Crippen molar-refractivity contribution < 1.29 is 19.4 Å². The molecule has 0 rings (SSSR count). The van der Waals surface area contributed by atoms with Gasteiger partial charge in [0.25, 0.3) is 0 Å². The number of hydrogen-bond acceptors (Lipinski definition) is 3. The highest BCUT2D eigenvalue weighted by molar-refractivity contribution is 5.71. The van der Waals surface area contributed by atoms with Crippen LogP contribution in [0.25, 0.3) is 0 Å². The van der Waals surface area contributed by atoms with Gasteiger partial charge < -0.3 is 9.84 Å². The first-order valence-corrected chi connectivity index (χ1v) is 16.8. The van der Waals surface area contributed by atoms with Crippen LogP contribution in [-0.2, 0) is 14.3 Å². The molecule has 0 fully saturated rings. The molecule has 0 aliphatic rings. The Kier molecular flexibility index (Phi) is 29.7. The van der Waals surface area contributed by atoms with Crippen molar-refractivity contribution in [1.82, 2.24) is 0 Å². The standard InChI is InChI=1S/C35H64O4/c1-3-5-7-9-11-13-15-17-18-19-21-23-25-27-29-31-35(38)39-33(32-34(36)37)30-28-26-24-22-20-16-14-12-10-8-6-4-2/h11,13,17-18,33H,3-10,12,14-16,19-32H2,1-2H3,(H,36,37)/b13-11-,18-17-. The quantitative estimate of drug-likeness (QED) is 0.0550. The van der Waals surface area contributed by atoms with Crippen molar-refractivity contribution >= 4 is 11.9 Å². The molecule has 228 valence electrons. The SMILES string of the molecule is CCCCC/C=C\C/C=C\CCCCCCCC(=O)OC(CCCCCCCCCCCCCC)CC(=O)O. The molecule has 1 N–H and O–H groups in total. The predicted octanol–water partition coefficient (Wildman–Crippen LogP) is 11.3. The van der Waals surface area contributed by atoms with E-state index in [1.807, 2.05) is 0 Å². The molecule has 0 aromatic rings. The van der Waals surface area contributed by atoms with E-state index in [9.17, 15) is 14.7 Å². The van der Waals surface area contributed by atoms with Crippen LogP contribution in [0.5, 0.6) is 0 Å². The van der Waals surface area contributed by atoms with E-state index in [1.165, 1.54) is 103 Å². The Bertz CT molecular complexity index is 595. The van der Waals surface area contributed by atoms with Gasteiger partial charge >= 0.3 is 11.9 Å². The number of unbranched alkanes of at least 4 members (excludes halogenated alkanes) is 19. The van der Waals surface area contributed by atoms with E-state index in [-0.39, 0.29) is 12.4 Å². The minimum absolute atomic E-state index is 0.0774. The summed E-state index contributed by atoms with van der Waals surface area (Å²) in [6, 6.07) is 0. The molecule has 0 aliphatic heterocycles. The van der Waals surface area contributed by atoms with E-state index in [2.05, 4.69) is 38.2 Å². The number of carboxylic acids is 1.